The Balaban J connectivity index is 1.84. The molecule has 2 amide bonds. The third kappa shape index (κ3) is 5.51. The van der Waals surface area contributed by atoms with Crippen LogP contribution in [0.5, 0.6) is 11.5 Å². The number of halogens is 1. The molecule has 3 rings (SSSR count). The van der Waals surface area contributed by atoms with Gasteiger partial charge in [-0.1, -0.05) is 30.9 Å². The van der Waals surface area contributed by atoms with Crippen molar-refractivity contribution in [2.45, 2.75) is 6.92 Å². The van der Waals surface area contributed by atoms with E-state index in [-0.39, 0.29) is 11.1 Å². The van der Waals surface area contributed by atoms with E-state index in [9.17, 15) is 9.59 Å². The molecule has 0 saturated carbocycles. The number of nitrogens with zero attached hydrogens (tertiary/aromatic N) is 1. The minimum atomic E-state index is -0.406. The number of carbonyl (C=O) groups is 2. The van der Waals surface area contributed by atoms with Crippen molar-refractivity contribution in [3.8, 4) is 11.5 Å². The molecule has 1 fully saturated rings. The van der Waals surface area contributed by atoms with Gasteiger partial charge in [0.15, 0.2) is 16.7 Å². The van der Waals surface area contributed by atoms with Gasteiger partial charge in [-0.05, 0) is 77.2 Å². The second-order valence-electron chi connectivity index (χ2n) is 6.02. The molecule has 8 heteroatoms. The molecular weight excluding hydrogens is 515 g/mol. The van der Waals surface area contributed by atoms with Crippen LogP contribution in [0.4, 0.5) is 0 Å². The second kappa shape index (κ2) is 10.4. The Labute approximate surface area is 192 Å². The summed E-state index contributed by atoms with van der Waals surface area (Å²) in [4.78, 5) is 29.0. The lowest BCUT2D eigenvalue weighted by Gasteiger charge is -2.13. The zero-order valence-electron chi connectivity index (χ0n) is 16.2. The van der Waals surface area contributed by atoms with E-state index in [0.29, 0.717) is 35.2 Å². The van der Waals surface area contributed by atoms with Crippen molar-refractivity contribution >= 4 is 57.4 Å². The standard InChI is InChI=1S/C22H19IN2O4S/c1-3-10-29-19-16(23)11-14(12-17(19)28-4-2)13-18-21(27)25-22(30-18)24-20(26)15-8-6-5-7-9-15/h3,5-9,11-13H,1,4,10H2,2H3,(H,24,25,26,27)/b18-13-. The van der Waals surface area contributed by atoms with Crippen LogP contribution in [0.25, 0.3) is 6.08 Å². The van der Waals surface area contributed by atoms with Gasteiger partial charge in [-0.3, -0.25) is 9.59 Å². The monoisotopic (exact) mass is 534 g/mol. The van der Waals surface area contributed by atoms with E-state index < -0.39 is 5.91 Å². The van der Waals surface area contributed by atoms with Gasteiger partial charge in [-0.2, -0.15) is 4.99 Å². The quantitative estimate of drug-likeness (QED) is 0.318. The topological polar surface area (TPSA) is 77.0 Å². The van der Waals surface area contributed by atoms with Gasteiger partial charge in [0.25, 0.3) is 11.8 Å². The van der Waals surface area contributed by atoms with E-state index >= 15 is 0 Å². The van der Waals surface area contributed by atoms with Crippen LogP contribution in [0.1, 0.15) is 22.8 Å². The van der Waals surface area contributed by atoms with E-state index in [1.807, 2.05) is 25.1 Å². The van der Waals surface area contributed by atoms with Crippen molar-refractivity contribution in [2.24, 2.45) is 4.99 Å². The van der Waals surface area contributed by atoms with Crippen LogP contribution in [0.2, 0.25) is 0 Å². The Morgan fingerprint density at radius 3 is 2.73 bits per heavy atom. The van der Waals surface area contributed by atoms with Gasteiger partial charge in [0.05, 0.1) is 15.1 Å². The van der Waals surface area contributed by atoms with E-state index in [0.717, 1.165) is 20.9 Å². The number of amides is 2. The molecule has 0 aromatic heterocycles. The van der Waals surface area contributed by atoms with Crippen molar-refractivity contribution in [3.63, 3.8) is 0 Å². The Morgan fingerprint density at radius 1 is 1.27 bits per heavy atom. The van der Waals surface area contributed by atoms with E-state index in [4.69, 9.17) is 9.47 Å². The second-order valence-corrected chi connectivity index (χ2v) is 8.21. The van der Waals surface area contributed by atoms with Crippen LogP contribution in [-0.4, -0.2) is 30.2 Å². The molecule has 0 unspecified atom stereocenters. The predicted molar refractivity (Wildman–Crippen MR) is 128 cm³/mol. The molecular formula is C22H19IN2O4S. The fourth-order valence-corrected chi connectivity index (χ4v) is 4.19. The lowest BCUT2D eigenvalue weighted by atomic mass is 10.2. The SMILES string of the molecule is C=CCOc1c(I)cc(/C=C2\SC(=NC(=O)c3ccccc3)NC2=O)cc1OCC. The Morgan fingerprint density at radius 2 is 2.03 bits per heavy atom. The Kier molecular flexibility index (Phi) is 7.69. The number of hydrogen-bond acceptors (Lipinski definition) is 5. The van der Waals surface area contributed by atoms with Crippen LogP contribution in [0.15, 0.2) is 65.0 Å². The summed E-state index contributed by atoms with van der Waals surface area (Å²) >= 11 is 3.29. The number of amidine groups is 1. The summed E-state index contributed by atoms with van der Waals surface area (Å²) in [6.45, 7) is 6.40. The molecule has 0 atom stereocenters. The van der Waals surface area contributed by atoms with E-state index in [2.05, 4.69) is 39.5 Å². The first kappa shape index (κ1) is 22.1. The van der Waals surface area contributed by atoms with Crippen LogP contribution in [0.3, 0.4) is 0 Å². The molecule has 154 valence electrons. The first-order valence-corrected chi connectivity index (χ1v) is 11.0. The summed E-state index contributed by atoms with van der Waals surface area (Å²) in [6.07, 6.45) is 3.40. The highest BCUT2D eigenvalue weighted by atomic mass is 127. The van der Waals surface area contributed by atoms with Crippen LogP contribution < -0.4 is 14.8 Å². The molecule has 0 aliphatic carbocycles. The molecule has 2 aromatic rings. The minimum Gasteiger partial charge on any atom is -0.490 e. The largest absolute Gasteiger partial charge is 0.490 e. The number of hydrogen-bond donors (Lipinski definition) is 1. The predicted octanol–water partition coefficient (Wildman–Crippen LogP) is 4.66. The lowest BCUT2D eigenvalue weighted by Crippen LogP contribution is -2.20. The summed E-state index contributed by atoms with van der Waals surface area (Å²) in [5, 5.41) is 2.89. The fraction of sp³-hybridized carbons (Fsp3) is 0.136. The molecule has 1 N–H and O–H groups in total. The average Bonchev–Trinajstić information content (AvgIpc) is 3.07. The normalized spacial score (nSPS) is 15.9. The van der Waals surface area contributed by atoms with Crippen molar-refractivity contribution in [1.82, 2.24) is 5.32 Å². The maximum atomic E-state index is 12.3. The Hall–Kier alpha value is -2.59. The van der Waals surface area contributed by atoms with E-state index in [1.165, 1.54) is 0 Å². The third-order valence-corrected chi connectivity index (χ3v) is 5.56. The number of rotatable bonds is 7. The molecule has 2 aromatic carbocycles. The minimum absolute atomic E-state index is 0.255. The lowest BCUT2D eigenvalue weighted by molar-refractivity contribution is -0.115. The van der Waals surface area contributed by atoms with Gasteiger partial charge in [0.2, 0.25) is 0 Å². The van der Waals surface area contributed by atoms with Crippen molar-refractivity contribution in [2.75, 3.05) is 13.2 Å². The maximum Gasteiger partial charge on any atom is 0.279 e. The van der Waals surface area contributed by atoms with Gasteiger partial charge in [-0.15, -0.1) is 0 Å². The number of carbonyl (C=O) groups excluding carboxylic acids is 2. The van der Waals surface area contributed by atoms with Gasteiger partial charge < -0.3 is 14.8 Å². The zero-order chi connectivity index (χ0) is 21.5. The number of benzene rings is 2. The molecule has 0 radical (unpaired) electrons. The molecule has 1 saturated heterocycles. The third-order valence-electron chi connectivity index (χ3n) is 3.85. The highest BCUT2D eigenvalue weighted by Gasteiger charge is 2.25. The summed E-state index contributed by atoms with van der Waals surface area (Å²) in [7, 11) is 0. The zero-order valence-corrected chi connectivity index (χ0v) is 19.2. The first-order chi connectivity index (χ1) is 14.5. The molecule has 1 aliphatic heterocycles. The first-order valence-electron chi connectivity index (χ1n) is 9.10. The molecule has 1 heterocycles. The van der Waals surface area contributed by atoms with Gasteiger partial charge in [0, 0.05) is 5.56 Å². The molecule has 30 heavy (non-hydrogen) atoms. The van der Waals surface area contributed by atoms with Gasteiger partial charge >= 0.3 is 0 Å². The van der Waals surface area contributed by atoms with Crippen molar-refractivity contribution < 1.29 is 19.1 Å². The van der Waals surface area contributed by atoms with Crippen LogP contribution in [0, 0.1) is 3.57 Å². The van der Waals surface area contributed by atoms with Gasteiger partial charge in [0.1, 0.15) is 6.61 Å². The fourth-order valence-electron chi connectivity index (χ4n) is 2.59. The molecule has 0 bridgehead atoms. The smallest absolute Gasteiger partial charge is 0.279 e. The maximum absolute atomic E-state index is 12.3. The Bertz CT molecular complexity index is 1030. The number of nitrogens with one attached hydrogen (secondary N) is 1. The van der Waals surface area contributed by atoms with E-state index in [1.54, 1.807) is 36.4 Å². The molecule has 0 spiro atoms. The molecule has 6 nitrogen and oxygen atoms in total. The number of thioether (sulfide) groups is 1. The van der Waals surface area contributed by atoms with Crippen molar-refractivity contribution in [1.29, 1.82) is 0 Å². The van der Waals surface area contributed by atoms with Crippen LogP contribution >= 0.6 is 34.4 Å². The van der Waals surface area contributed by atoms with Gasteiger partial charge in [-0.25, -0.2) is 0 Å². The summed E-state index contributed by atoms with van der Waals surface area (Å²) in [5.41, 5.74) is 1.24. The number of ether oxygens (including phenoxy) is 2. The number of aliphatic imine (C=N–C) groups is 1. The van der Waals surface area contributed by atoms with Crippen molar-refractivity contribution in [3.05, 3.63) is 74.7 Å². The highest BCUT2D eigenvalue weighted by molar-refractivity contribution is 14.1. The summed E-state index contributed by atoms with van der Waals surface area (Å²) in [6, 6.07) is 12.4. The summed E-state index contributed by atoms with van der Waals surface area (Å²) < 4.78 is 12.3. The van der Waals surface area contributed by atoms with Crippen LogP contribution in [-0.2, 0) is 4.79 Å². The summed E-state index contributed by atoms with van der Waals surface area (Å²) in [5.74, 6) is 0.518. The highest BCUT2D eigenvalue weighted by Crippen LogP contribution is 2.36. The average molecular weight is 534 g/mol. The molecule has 1 aliphatic rings.